The van der Waals surface area contributed by atoms with Crippen LogP contribution in [-0.4, -0.2) is 4.98 Å². The first-order valence-electron chi connectivity index (χ1n) is 3.83. The van der Waals surface area contributed by atoms with Crippen molar-refractivity contribution in [2.75, 3.05) is 5.73 Å². The van der Waals surface area contributed by atoms with Crippen LogP contribution in [0, 0.1) is 11.6 Å². The van der Waals surface area contributed by atoms with Gasteiger partial charge < -0.3 is 5.73 Å². The number of benzene rings is 1. The molecule has 0 saturated heterocycles. The second-order valence-corrected chi connectivity index (χ2v) is 3.58. The molecule has 2 aromatic rings. The number of nitrogens with two attached hydrogens (primary N) is 1. The topological polar surface area (TPSA) is 38.9 Å². The number of rotatable bonds is 1. The molecule has 0 fully saturated rings. The summed E-state index contributed by atoms with van der Waals surface area (Å²) in [6.45, 7) is 0. The highest BCUT2D eigenvalue weighted by molar-refractivity contribution is 7.13. The van der Waals surface area contributed by atoms with Crippen molar-refractivity contribution in [1.82, 2.24) is 4.98 Å². The summed E-state index contributed by atoms with van der Waals surface area (Å²) in [4.78, 5) is 3.91. The molecule has 0 spiro atoms. The summed E-state index contributed by atoms with van der Waals surface area (Å²) in [5.41, 5.74) is 6.11. The maximum Gasteiger partial charge on any atom is 0.180 e. The van der Waals surface area contributed by atoms with Crippen LogP contribution >= 0.6 is 23.7 Å². The Morgan fingerprint density at radius 2 is 2.00 bits per heavy atom. The maximum absolute atomic E-state index is 13.2. The van der Waals surface area contributed by atoms with E-state index in [4.69, 9.17) is 5.73 Å². The zero-order valence-corrected chi connectivity index (χ0v) is 9.04. The molecule has 6 heteroatoms. The van der Waals surface area contributed by atoms with E-state index < -0.39 is 11.6 Å². The molecule has 0 amide bonds. The summed E-state index contributed by atoms with van der Waals surface area (Å²) >= 11 is 1.22. The van der Waals surface area contributed by atoms with E-state index in [1.54, 1.807) is 5.38 Å². The van der Waals surface area contributed by atoms with E-state index in [0.717, 1.165) is 6.07 Å². The maximum atomic E-state index is 13.2. The third kappa shape index (κ3) is 2.43. The molecule has 80 valence electrons. The molecule has 2 rings (SSSR count). The molecular formula is C9H7ClF2N2S. The highest BCUT2D eigenvalue weighted by Gasteiger charge is 2.08. The van der Waals surface area contributed by atoms with Crippen LogP contribution < -0.4 is 5.73 Å². The van der Waals surface area contributed by atoms with Crippen molar-refractivity contribution in [2.24, 2.45) is 0 Å². The van der Waals surface area contributed by atoms with Crippen molar-refractivity contribution in [2.45, 2.75) is 0 Å². The van der Waals surface area contributed by atoms with Gasteiger partial charge in [-0.1, -0.05) is 0 Å². The van der Waals surface area contributed by atoms with Crippen molar-refractivity contribution in [3.8, 4) is 11.3 Å². The lowest BCUT2D eigenvalue weighted by atomic mass is 10.1. The fourth-order valence-electron chi connectivity index (χ4n) is 1.11. The van der Waals surface area contributed by atoms with Crippen LogP contribution in [0.25, 0.3) is 11.3 Å². The Morgan fingerprint density at radius 3 is 2.53 bits per heavy atom. The molecule has 0 unspecified atom stereocenters. The van der Waals surface area contributed by atoms with Gasteiger partial charge >= 0.3 is 0 Å². The van der Waals surface area contributed by atoms with Gasteiger partial charge in [0.2, 0.25) is 0 Å². The lowest BCUT2D eigenvalue weighted by molar-refractivity contribution is 0.585. The summed E-state index contributed by atoms with van der Waals surface area (Å²) in [5, 5.41) is 2.00. The van der Waals surface area contributed by atoms with Crippen molar-refractivity contribution < 1.29 is 8.78 Å². The van der Waals surface area contributed by atoms with Gasteiger partial charge in [0, 0.05) is 17.0 Å². The summed E-state index contributed by atoms with van der Waals surface area (Å²) < 4.78 is 25.8. The molecule has 1 aromatic heterocycles. The second kappa shape index (κ2) is 4.55. The number of nitrogen functional groups attached to an aromatic ring is 1. The van der Waals surface area contributed by atoms with Crippen LogP contribution in [-0.2, 0) is 0 Å². The Morgan fingerprint density at radius 1 is 1.27 bits per heavy atom. The van der Waals surface area contributed by atoms with Gasteiger partial charge in [-0.05, 0) is 12.1 Å². The van der Waals surface area contributed by atoms with Gasteiger partial charge in [-0.15, -0.1) is 23.7 Å². The Kier molecular flexibility index (Phi) is 3.60. The van der Waals surface area contributed by atoms with Gasteiger partial charge in [0.05, 0.1) is 5.69 Å². The van der Waals surface area contributed by atoms with Crippen molar-refractivity contribution >= 4 is 28.9 Å². The Labute approximate surface area is 95.2 Å². The molecule has 0 atom stereocenters. The molecule has 1 heterocycles. The zero-order valence-electron chi connectivity index (χ0n) is 7.41. The molecular weight excluding hydrogens is 242 g/mol. The quantitative estimate of drug-likeness (QED) is 0.842. The van der Waals surface area contributed by atoms with Gasteiger partial charge in [-0.25, -0.2) is 13.8 Å². The fraction of sp³-hybridized carbons (Fsp3) is 0. The standard InChI is InChI=1S/C9H6F2N2S.ClH/c10-5-1-2-6(7(11)3-5)8-4-14-9(12)13-8;/h1-4H,(H2,12,13);1H. The summed E-state index contributed by atoms with van der Waals surface area (Å²) in [7, 11) is 0. The number of thiazole rings is 1. The second-order valence-electron chi connectivity index (χ2n) is 2.70. The van der Waals surface area contributed by atoms with Gasteiger partial charge in [-0.2, -0.15) is 0 Å². The molecule has 0 aliphatic heterocycles. The van der Waals surface area contributed by atoms with Crippen molar-refractivity contribution in [3.63, 3.8) is 0 Å². The van der Waals surface area contributed by atoms with Crippen LogP contribution in [0.2, 0.25) is 0 Å². The SMILES string of the molecule is Cl.Nc1nc(-c2ccc(F)cc2F)cs1. The number of aromatic nitrogens is 1. The minimum atomic E-state index is -0.629. The molecule has 1 aromatic carbocycles. The number of anilines is 1. The first-order chi connectivity index (χ1) is 6.66. The monoisotopic (exact) mass is 248 g/mol. The van der Waals surface area contributed by atoms with Crippen molar-refractivity contribution in [3.05, 3.63) is 35.2 Å². The largest absolute Gasteiger partial charge is 0.375 e. The lowest BCUT2D eigenvalue weighted by Crippen LogP contribution is -1.87. The van der Waals surface area contributed by atoms with Gasteiger partial charge in [0.1, 0.15) is 11.6 Å². The molecule has 2 N–H and O–H groups in total. The number of hydrogen-bond acceptors (Lipinski definition) is 3. The van der Waals surface area contributed by atoms with E-state index in [-0.39, 0.29) is 18.0 Å². The molecule has 0 aliphatic rings. The molecule has 0 bridgehead atoms. The van der Waals surface area contributed by atoms with E-state index in [1.165, 1.54) is 23.5 Å². The summed E-state index contributed by atoms with van der Waals surface area (Å²) in [6, 6.07) is 3.36. The highest BCUT2D eigenvalue weighted by atomic mass is 35.5. The predicted octanol–water partition coefficient (Wildman–Crippen LogP) is 3.09. The predicted molar refractivity (Wildman–Crippen MR) is 59.1 cm³/mol. The van der Waals surface area contributed by atoms with Gasteiger partial charge in [0.15, 0.2) is 5.13 Å². The average molecular weight is 249 g/mol. The Hall–Kier alpha value is -1.20. The van der Waals surface area contributed by atoms with E-state index in [2.05, 4.69) is 4.98 Å². The van der Waals surface area contributed by atoms with Crippen molar-refractivity contribution in [1.29, 1.82) is 0 Å². The van der Waals surface area contributed by atoms with E-state index >= 15 is 0 Å². The van der Waals surface area contributed by atoms with Gasteiger partial charge in [-0.3, -0.25) is 0 Å². The van der Waals surface area contributed by atoms with E-state index in [1.807, 2.05) is 0 Å². The van der Waals surface area contributed by atoms with Crippen LogP contribution in [0.4, 0.5) is 13.9 Å². The van der Waals surface area contributed by atoms with Crippen LogP contribution in [0.15, 0.2) is 23.6 Å². The lowest BCUT2D eigenvalue weighted by Gasteiger charge is -1.98. The van der Waals surface area contributed by atoms with Gasteiger partial charge in [0.25, 0.3) is 0 Å². The number of halogens is 3. The number of nitrogens with zero attached hydrogens (tertiary/aromatic N) is 1. The van der Waals surface area contributed by atoms with Crippen LogP contribution in [0.5, 0.6) is 0 Å². The first kappa shape index (κ1) is 11.9. The highest BCUT2D eigenvalue weighted by Crippen LogP contribution is 2.25. The van der Waals surface area contributed by atoms with Crippen LogP contribution in [0.1, 0.15) is 0 Å². The molecule has 0 radical (unpaired) electrons. The van der Waals surface area contributed by atoms with E-state index in [9.17, 15) is 8.78 Å². The first-order valence-corrected chi connectivity index (χ1v) is 4.71. The van der Waals surface area contributed by atoms with E-state index in [0.29, 0.717) is 10.8 Å². The zero-order chi connectivity index (χ0) is 10.1. The molecule has 15 heavy (non-hydrogen) atoms. The Balaban J connectivity index is 0.00000112. The smallest absolute Gasteiger partial charge is 0.180 e. The Bertz CT molecular complexity index is 473. The summed E-state index contributed by atoms with van der Waals surface area (Å²) in [6.07, 6.45) is 0. The third-order valence-corrected chi connectivity index (χ3v) is 2.40. The third-order valence-electron chi connectivity index (χ3n) is 1.73. The number of hydrogen-bond donors (Lipinski definition) is 1. The minimum Gasteiger partial charge on any atom is -0.375 e. The normalized spacial score (nSPS) is 9.73. The molecule has 0 aliphatic carbocycles. The summed E-state index contributed by atoms with van der Waals surface area (Å²) in [5.74, 6) is -1.23. The fourth-order valence-corrected chi connectivity index (χ4v) is 1.67. The average Bonchev–Trinajstić information content (AvgIpc) is 2.51. The minimum absolute atomic E-state index is 0. The van der Waals surface area contributed by atoms with Crippen LogP contribution in [0.3, 0.4) is 0 Å². The molecule has 2 nitrogen and oxygen atoms in total. The molecule has 0 saturated carbocycles.